The molecule has 0 spiro atoms. The summed E-state index contributed by atoms with van der Waals surface area (Å²) < 4.78 is 13.7. The average molecular weight is 462 g/mol. The van der Waals surface area contributed by atoms with Crippen LogP contribution in [0.25, 0.3) is 11.0 Å². The third-order valence-electron chi connectivity index (χ3n) is 4.90. The van der Waals surface area contributed by atoms with Gasteiger partial charge in [-0.2, -0.15) is 0 Å². The van der Waals surface area contributed by atoms with Crippen molar-refractivity contribution in [2.75, 3.05) is 19.5 Å². The van der Waals surface area contributed by atoms with Crippen LogP contribution >= 0.6 is 15.9 Å². The molecule has 156 valence electrons. The lowest BCUT2D eigenvalue weighted by Gasteiger charge is -2.17. The second kappa shape index (κ2) is 9.43. The summed E-state index contributed by atoms with van der Waals surface area (Å²) in [6, 6.07) is 6.11. The summed E-state index contributed by atoms with van der Waals surface area (Å²) in [4.78, 5) is 4.69. The molecule has 0 bridgehead atoms. The normalized spacial score (nSPS) is 11.3. The van der Waals surface area contributed by atoms with E-state index < -0.39 is 0 Å². The Bertz CT molecular complexity index is 983. The lowest BCUT2D eigenvalue weighted by molar-refractivity contribution is 0.393. The fraction of sp³-hybridized carbons (Fsp3) is 0.476. The molecule has 3 aromatic rings. The number of aryl methyl sites for hydroxylation is 1. The van der Waals surface area contributed by atoms with Crippen LogP contribution in [0.2, 0.25) is 0 Å². The van der Waals surface area contributed by atoms with Gasteiger partial charge >= 0.3 is 0 Å². The fourth-order valence-corrected chi connectivity index (χ4v) is 4.07. The number of nitrogens with zero attached hydrogens (tertiary/aromatic N) is 4. The summed E-state index contributed by atoms with van der Waals surface area (Å²) in [6.07, 6.45) is 4.37. The second-order valence-electron chi connectivity index (χ2n) is 7.06. The van der Waals surface area contributed by atoms with Crippen LogP contribution in [0, 0.1) is 6.92 Å². The third-order valence-corrected chi connectivity index (χ3v) is 5.53. The molecule has 2 aromatic heterocycles. The minimum atomic E-state index is 0.340. The predicted molar refractivity (Wildman–Crippen MR) is 119 cm³/mol. The lowest BCUT2D eigenvalue weighted by atomic mass is 10.1. The van der Waals surface area contributed by atoms with E-state index in [9.17, 15) is 0 Å². The first-order valence-electron chi connectivity index (χ1n) is 9.93. The molecular weight excluding hydrogens is 434 g/mol. The van der Waals surface area contributed by atoms with Gasteiger partial charge in [0.1, 0.15) is 11.5 Å². The molecule has 1 aromatic carbocycles. The van der Waals surface area contributed by atoms with Gasteiger partial charge in [-0.3, -0.25) is 0 Å². The average Bonchev–Trinajstić information content (AvgIpc) is 3.12. The van der Waals surface area contributed by atoms with Gasteiger partial charge in [0, 0.05) is 16.2 Å². The summed E-state index contributed by atoms with van der Waals surface area (Å²) in [5.41, 5.74) is 3.41. The molecule has 0 unspecified atom stereocenters. The highest BCUT2D eigenvalue weighted by atomic mass is 79.9. The number of hydrogen-bond donors (Lipinski definition) is 1. The van der Waals surface area contributed by atoms with Crippen LogP contribution < -0.4 is 14.8 Å². The van der Waals surface area contributed by atoms with Gasteiger partial charge in [-0.25, -0.2) is 9.67 Å². The highest BCUT2D eigenvalue weighted by molar-refractivity contribution is 9.10. The maximum absolute atomic E-state index is 5.55. The number of rotatable bonds is 9. The van der Waals surface area contributed by atoms with Gasteiger partial charge in [0.2, 0.25) is 0 Å². The molecule has 0 saturated carbocycles. The molecule has 3 rings (SSSR count). The van der Waals surface area contributed by atoms with Crippen molar-refractivity contribution in [3.05, 3.63) is 28.4 Å². The number of pyridine rings is 1. The molecule has 0 aliphatic rings. The van der Waals surface area contributed by atoms with Crippen molar-refractivity contribution in [1.82, 2.24) is 20.0 Å². The Kier molecular flexibility index (Phi) is 6.95. The number of ether oxygens (including phenoxy) is 2. The number of hydrogen-bond acceptors (Lipinski definition) is 6. The first-order chi connectivity index (χ1) is 14.0. The van der Waals surface area contributed by atoms with Crippen molar-refractivity contribution in [2.24, 2.45) is 0 Å². The zero-order chi connectivity index (χ0) is 21.0. The zero-order valence-electron chi connectivity index (χ0n) is 17.6. The number of anilines is 2. The van der Waals surface area contributed by atoms with Gasteiger partial charge in [0.15, 0.2) is 11.3 Å². The second-order valence-corrected chi connectivity index (χ2v) is 7.91. The molecule has 0 aliphatic carbocycles. The molecule has 0 amide bonds. The summed E-state index contributed by atoms with van der Waals surface area (Å²) in [5.74, 6) is 2.01. The third kappa shape index (κ3) is 4.47. The summed E-state index contributed by atoms with van der Waals surface area (Å²) in [6.45, 7) is 6.39. The molecule has 7 nitrogen and oxygen atoms in total. The minimum Gasteiger partial charge on any atom is -0.497 e. The molecule has 2 heterocycles. The van der Waals surface area contributed by atoms with Crippen molar-refractivity contribution in [3.63, 3.8) is 0 Å². The number of halogens is 1. The fourth-order valence-electron chi connectivity index (χ4n) is 3.55. The van der Waals surface area contributed by atoms with Crippen molar-refractivity contribution >= 4 is 38.5 Å². The Morgan fingerprint density at radius 1 is 1.10 bits per heavy atom. The topological polar surface area (TPSA) is 74.1 Å². The smallest absolute Gasteiger partial charge is 0.160 e. The largest absolute Gasteiger partial charge is 0.497 e. The highest BCUT2D eigenvalue weighted by Crippen LogP contribution is 2.39. The molecule has 0 fully saturated rings. The van der Waals surface area contributed by atoms with Gasteiger partial charge in [0.05, 0.1) is 31.5 Å². The number of benzene rings is 1. The first kappa shape index (κ1) is 21.4. The van der Waals surface area contributed by atoms with Crippen LogP contribution in [-0.4, -0.2) is 34.2 Å². The minimum absolute atomic E-state index is 0.340. The molecule has 8 heteroatoms. The van der Waals surface area contributed by atoms with Crippen molar-refractivity contribution in [1.29, 1.82) is 0 Å². The number of fused-ring (bicyclic) bond motifs is 1. The SMILES string of the molecule is CCCC(CCC)n1nnc2c(Nc3c(Br)cc(OC)cc3OC)nc(C)cc21. The standard InChI is InChI=1S/C21H28BrN5O2/c1-6-8-14(9-7-2)27-17-10-13(3)23-21(20(17)25-26-27)24-19-16(22)11-15(28-4)12-18(19)29-5/h10-12,14H,6-9H2,1-5H3,(H,23,24). The van der Waals surface area contributed by atoms with E-state index in [1.165, 1.54) is 0 Å². The summed E-state index contributed by atoms with van der Waals surface area (Å²) in [7, 11) is 3.25. The molecule has 0 aliphatic heterocycles. The van der Waals surface area contributed by atoms with Crippen molar-refractivity contribution in [2.45, 2.75) is 52.5 Å². The van der Waals surface area contributed by atoms with E-state index in [0.717, 1.165) is 52.6 Å². The van der Waals surface area contributed by atoms with Gasteiger partial charge < -0.3 is 14.8 Å². The number of nitrogens with one attached hydrogen (secondary N) is 1. The van der Waals surface area contributed by atoms with Crippen LogP contribution in [0.3, 0.4) is 0 Å². The van der Waals surface area contributed by atoms with Crippen LogP contribution in [0.1, 0.15) is 51.3 Å². The van der Waals surface area contributed by atoms with Crippen LogP contribution in [-0.2, 0) is 0 Å². The predicted octanol–water partition coefficient (Wildman–Crippen LogP) is 5.80. The van der Waals surface area contributed by atoms with E-state index in [1.807, 2.05) is 19.1 Å². The molecular formula is C21H28BrN5O2. The Morgan fingerprint density at radius 3 is 2.45 bits per heavy atom. The summed E-state index contributed by atoms with van der Waals surface area (Å²) >= 11 is 3.60. The van der Waals surface area contributed by atoms with E-state index in [-0.39, 0.29) is 0 Å². The van der Waals surface area contributed by atoms with Gasteiger partial charge in [-0.1, -0.05) is 31.9 Å². The van der Waals surface area contributed by atoms with Crippen molar-refractivity contribution < 1.29 is 9.47 Å². The molecule has 1 N–H and O–H groups in total. The van der Waals surface area contributed by atoms with Crippen molar-refractivity contribution in [3.8, 4) is 11.5 Å². The maximum atomic E-state index is 5.55. The number of methoxy groups -OCH3 is 2. The summed E-state index contributed by atoms with van der Waals surface area (Å²) in [5, 5.41) is 12.3. The Balaban J connectivity index is 2.08. The number of aromatic nitrogens is 4. The molecule has 0 atom stereocenters. The van der Waals surface area contributed by atoms with Crippen LogP contribution in [0.5, 0.6) is 11.5 Å². The van der Waals surface area contributed by atoms with E-state index >= 15 is 0 Å². The quantitative estimate of drug-likeness (QED) is 0.433. The van der Waals surface area contributed by atoms with E-state index in [0.29, 0.717) is 23.4 Å². The van der Waals surface area contributed by atoms with Gasteiger partial charge in [0.25, 0.3) is 0 Å². The first-order valence-corrected chi connectivity index (χ1v) is 10.7. The highest BCUT2D eigenvalue weighted by Gasteiger charge is 2.19. The molecule has 0 saturated heterocycles. The monoisotopic (exact) mass is 461 g/mol. The lowest BCUT2D eigenvalue weighted by Crippen LogP contribution is -2.10. The van der Waals surface area contributed by atoms with Gasteiger partial charge in [-0.15, -0.1) is 5.10 Å². The van der Waals surface area contributed by atoms with E-state index in [2.05, 4.69) is 61.1 Å². The zero-order valence-corrected chi connectivity index (χ0v) is 19.2. The maximum Gasteiger partial charge on any atom is 0.160 e. The Hall–Kier alpha value is -2.35. The van der Waals surface area contributed by atoms with Gasteiger partial charge in [-0.05, 0) is 47.8 Å². The Labute approximate surface area is 179 Å². The Morgan fingerprint density at radius 2 is 1.83 bits per heavy atom. The van der Waals surface area contributed by atoms with Crippen LogP contribution in [0.4, 0.5) is 11.5 Å². The van der Waals surface area contributed by atoms with E-state index in [4.69, 9.17) is 9.47 Å². The molecule has 29 heavy (non-hydrogen) atoms. The van der Waals surface area contributed by atoms with Crippen LogP contribution in [0.15, 0.2) is 22.7 Å². The van der Waals surface area contributed by atoms with E-state index in [1.54, 1.807) is 14.2 Å². The molecule has 0 radical (unpaired) electrons.